The topological polar surface area (TPSA) is 43.0 Å². The van der Waals surface area contributed by atoms with Gasteiger partial charge in [0.1, 0.15) is 12.4 Å². The van der Waals surface area contributed by atoms with Crippen LogP contribution in [-0.4, -0.2) is 63.6 Å². The van der Waals surface area contributed by atoms with Crippen molar-refractivity contribution in [3.63, 3.8) is 0 Å². The van der Waals surface area contributed by atoms with Gasteiger partial charge in [-0.25, -0.2) is 0 Å². The van der Waals surface area contributed by atoms with Gasteiger partial charge in [0, 0.05) is 39.3 Å². The van der Waals surface area contributed by atoms with Gasteiger partial charge in [0.15, 0.2) is 0 Å². The molecule has 1 unspecified atom stereocenters. The summed E-state index contributed by atoms with van der Waals surface area (Å²) in [5, 5.41) is 3.51. The van der Waals surface area contributed by atoms with E-state index in [1.54, 1.807) is 7.11 Å². The molecule has 0 amide bonds. The van der Waals surface area contributed by atoms with Gasteiger partial charge >= 0.3 is 0 Å². The first-order chi connectivity index (χ1) is 11.3. The summed E-state index contributed by atoms with van der Waals surface area (Å²) in [6.07, 6.45) is 3.07. The van der Waals surface area contributed by atoms with Crippen LogP contribution in [0.25, 0.3) is 0 Å². The molecule has 1 atom stereocenters. The Morgan fingerprint density at radius 3 is 2.78 bits per heavy atom. The molecule has 1 aromatic rings. The summed E-state index contributed by atoms with van der Waals surface area (Å²) in [5.41, 5.74) is 1.26. The standard InChI is InChI=1S/C18H28N2O3/c1-21-10-11-23-17-6-2-15(3-7-17)12-19-13-18-14-20(8-9-22-18)16-4-5-16/h2-3,6-7,16,18-19H,4-5,8-14H2,1H3. The number of methoxy groups -OCH3 is 1. The highest BCUT2D eigenvalue weighted by Crippen LogP contribution is 2.28. The third-order valence-electron chi connectivity index (χ3n) is 4.41. The van der Waals surface area contributed by atoms with Crippen LogP contribution in [0.2, 0.25) is 0 Å². The molecule has 1 saturated heterocycles. The maximum atomic E-state index is 5.86. The highest BCUT2D eigenvalue weighted by atomic mass is 16.5. The van der Waals surface area contributed by atoms with Crippen molar-refractivity contribution in [3.05, 3.63) is 29.8 Å². The summed E-state index contributed by atoms with van der Waals surface area (Å²) in [6.45, 7) is 6.02. The summed E-state index contributed by atoms with van der Waals surface area (Å²) in [6, 6.07) is 9.07. The Labute approximate surface area is 138 Å². The van der Waals surface area contributed by atoms with Crippen LogP contribution in [-0.2, 0) is 16.0 Å². The fourth-order valence-electron chi connectivity index (χ4n) is 2.96. The molecule has 0 radical (unpaired) electrons. The summed E-state index contributed by atoms with van der Waals surface area (Å²) >= 11 is 0. The molecule has 5 heteroatoms. The molecule has 0 spiro atoms. The number of nitrogens with zero attached hydrogens (tertiary/aromatic N) is 1. The molecule has 128 valence electrons. The summed E-state index contributed by atoms with van der Waals surface area (Å²) in [5.74, 6) is 0.890. The number of ether oxygens (including phenoxy) is 3. The lowest BCUT2D eigenvalue weighted by Gasteiger charge is -2.33. The second-order valence-electron chi connectivity index (χ2n) is 6.34. The molecule has 3 rings (SSSR count). The SMILES string of the molecule is COCCOc1ccc(CNCC2CN(C3CC3)CCO2)cc1. The van der Waals surface area contributed by atoms with Gasteiger partial charge in [-0.05, 0) is 30.5 Å². The highest BCUT2D eigenvalue weighted by molar-refractivity contribution is 5.27. The van der Waals surface area contributed by atoms with Crippen LogP contribution in [0.4, 0.5) is 0 Å². The minimum absolute atomic E-state index is 0.320. The molecule has 1 N–H and O–H groups in total. The van der Waals surface area contributed by atoms with Gasteiger partial charge in [-0.3, -0.25) is 4.90 Å². The van der Waals surface area contributed by atoms with Crippen LogP contribution in [0.15, 0.2) is 24.3 Å². The Morgan fingerprint density at radius 2 is 2.04 bits per heavy atom. The van der Waals surface area contributed by atoms with Gasteiger partial charge in [-0.1, -0.05) is 12.1 Å². The van der Waals surface area contributed by atoms with Crippen LogP contribution in [0, 0.1) is 0 Å². The molecular formula is C18H28N2O3. The van der Waals surface area contributed by atoms with Gasteiger partial charge in [-0.15, -0.1) is 0 Å². The predicted molar refractivity (Wildman–Crippen MR) is 89.9 cm³/mol. The number of nitrogens with one attached hydrogen (secondary N) is 1. The Balaban J connectivity index is 1.35. The van der Waals surface area contributed by atoms with Crippen molar-refractivity contribution < 1.29 is 14.2 Å². The van der Waals surface area contributed by atoms with E-state index in [4.69, 9.17) is 14.2 Å². The van der Waals surface area contributed by atoms with Crippen LogP contribution < -0.4 is 10.1 Å². The molecule has 1 heterocycles. The average molecular weight is 320 g/mol. The van der Waals surface area contributed by atoms with E-state index in [9.17, 15) is 0 Å². The smallest absolute Gasteiger partial charge is 0.119 e. The number of hydrogen-bond donors (Lipinski definition) is 1. The number of hydrogen-bond acceptors (Lipinski definition) is 5. The van der Waals surface area contributed by atoms with Crippen molar-refractivity contribution in [2.24, 2.45) is 0 Å². The van der Waals surface area contributed by atoms with E-state index in [0.717, 1.165) is 44.6 Å². The third-order valence-corrected chi connectivity index (χ3v) is 4.41. The first-order valence-corrected chi connectivity index (χ1v) is 8.62. The van der Waals surface area contributed by atoms with Crippen molar-refractivity contribution in [3.8, 4) is 5.75 Å². The normalized spacial score (nSPS) is 22.2. The second-order valence-corrected chi connectivity index (χ2v) is 6.34. The lowest BCUT2D eigenvalue weighted by Crippen LogP contribution is -2.47. The average Bonchev–Trinajstić information content (AvgIpc) is 3.42. The Kier molecular flexibility index (Phi) is 6.28. The Morgan fingerprint density at radius 1 is 1.22 bits per heavy atom. The molecule has 1 aliphatic heterocycles. The zero-order valence-electron chi connectivity index (χ0n) is 14.0. The maximum absolute atomic E-state index is 5.86. The molecular weight excluding hydrogens is 292 g/mol. The van der Waals surface area contributed by atoms with Crippen LogP contribution in [0.5, 0.6) is 5.75 Å². The lowest BCUT2D eigenvalue weighted by atomic mass is 10.2. The van der Waals surface area contributed by atoms with Gasteiger partial charge in [0.25, 0.3) is 0 Å². The third kappa shape index (κ3) is 5.46. The Bertz CT molecular complexity index is 462. The molecule has 0 bridgehead atoms. The van der Waals surface area contributed by atoms with E-state index in [-0.39, 0.29) is 0 Å². The number of benzene rings is 1. The van der Waals surface area contributed by atoms with E-state index in [0.29, 0.717) is 19.3 Å². The fraction of sp³-hybridized carbons (Fsp3) is 0.667. The van der Waals surface area contributed by atoms with Crippen molar-refractivity contribution in [2.45, 2.75) is 31.5 Å². The summed E-state index contributed by atoms with van der Waals surface area (Å²) in [7, 11) is 1.68. The van der Waals surface area contributed by atoms with Crippen molar-refractivity contribution in [1.82, 2.24) is 10.2 Å². The summed E-state index contributed by atoms with van der Waals surface area (Å²) < 4.78 is 16.4. The zero-order chi connectivity index (χ0) is 15.9. The van der Waals surface area contributed by atoms with Crippen molar-refractivity contribution in [2.75, 3.05) is 46.6 Å². The molecule has 2 fully saturated rings. The maximum Gasteiger partial charge on any atom is 0.119 e. The quantitative estimate of drug-likeness (QED) is 0.701. The van der Waals surface area contributed by atoms with Crippen LogP contribution in [0.3, 0.4) is 0 Å². The Hall–Kier alpha value is -1.14. The highest BCUT2D eigenvalue weighted by Gasteiger charge is 2.32. The minimum atomic E-state index is 0.320. The minimum Gasteiger partial charge on any atom is -0.491 e. The largest absolute Gasteiger partial charge is 0.491 e. The van der Waals surface area contributed by atoms with Gasteiger partial charge in [0.05, 0.1) is 19.3 Å². The van der Waals surface area contributed by atoms with E-state index in [1.807, 2.05) is 12.1 Å². The summed E-state index contributed by atoms with van der Waals surface area (Å²) in [4.78, 5) is 2.59. The first-order valence-electron chi connectivity index (χ1n) is 8.62. The first kappa shape index (κ1) is 16.7. The van der Waals surface area contributed by atoms with E-state index in [2.05, 4.69) is 22.3 Å². The molecule has 1 aromatic carbocycles. The zero-order valence-corrected chi connectivity index (χ0v) is 14.0. The molecule has 1 saturated carbocycles. The monoisotopic (exact) mass is 320 g/mol. The predicted octanol–water partition coefficient (Wildman–Crippen LogP) is 1.66. The molecule has 23 heavy (non-hydrogen) atoms. The van der Waals surface area contributed by atoms with Gasteiger partial charge in [0.2, 0.25) is 0 Å². The van der Waals surface area contributed by atoms with Crippen molar-refractivity contribution in [1.29, 1.82) is 0 Å². The molecule has 0 aromatic heterocycles. The molecule has 2 aliphatic rings. The van der Waals surface area contributed by atoms with Crippen molar-refractivity contribution >= 4 is 0 Å². The van der Waals surface area contributed by atoms with E-state index < -0.39 is 0 Å². The van der Waals surface area contributed by atoms with E-state index >= 15 is 0 Å². The number of morpholine rings is 1. The second kappa shape index (κ2) is 8.64. The van der Waals surface area contributed by atoms with Gasteiger partial charge in [-0.2, -0.15) is 0 Å². The van der Waals surface area contributed by atoms with Crippen LogP contribution >= 0.6 is 0 Å². The molecule has 1 aliphatic carbocycles. The molecule has 5 nitrogen and oxygen atoms in total. The number of rotatable bonds is 9. The van der Waals surface area contributed by atoms with E-state index in [1.165, 1.54) is 18.4 Å². The van der Waals surface area contributed by atoms with Crippen LogP contribution in [0.1, 0.15) is 18.4 Å². The fourth-order valence-corrected chi connectivity index (χ4v) is 2.96. The lowest BCUT2D eigenvalue weighted by molar-refractivity contribution is -0.0301. The van der Waals surface area contributed by atoms with Gasteiger partial charge < -0.3 is 19.5 Å².